The summed E-state index contributed by atoms with van der Waals surface area (Å²) in [5, 5.41) is 10.5. The summed E-state index contributed by atoms with van der Waals surface area (Å²) in [7, 11) is 1.55. The second-order valence-corrected chi connectivity index (χ2v) is 5.25. The second-order valence-electron chi connectivity index (χ2n) is 5.25. The minimum Gasteiger partial charge on any atom is -0.339 e. The van der Waals surface area contributed by atoms with Gasteiger partial charge in [0.2, 0.25) is 5.82 Å². The van der Waals surface area contributed by atoms with Gasteiger partial charge in [0.05, 0.1) is 16.6 Å². The van der Waals surface area contributed by atoms with Crippen LogP contribution in [-0.2, 0) is 0 Å². The highest BCUT2D eigenvalue weighted by molar-refractivity contribution is 5.94. The lowest BCUT2D eigenvalue weighted by atomic mass is 9.94. The van der Waals surface area contributed by atoms with E-state index in [4.69, 9.17) is 0 Å². The molecular weight excluding hydrogens is 282 g/mol. The molecule has 0 unspecified atom stereocenters. The first kappa shape index (κ1) is 15.3. The van der Waals surface area contributed by atoms with Gasteiger partial charge in [0.1, 0.15) is 5.82 Å². The Balaban J connectivity index is 2.26. The van der Waals surface area contributed by atoms with Crippen LogP contribution in [0.25, 0.3) is 0 Å². The third kappa shape index (κ3) is 3.17. The molecule has 1 amide bonds. The summed E-state index contributed by atoms with van der Waals surface area (Å²) in [5.41, 5.74) is -1.43. The number of halogens is 2. The summed E-state index contributed by atoms with van der Waals surface area (Å²) in [5.74, 6) is -2.93. The molecule has 114 valence electrons. The van der Waals surface area contributed by atoms with Crippen LogP contribution in [0.3, 0.4) is 0 Å². The number of nitro benzene ring substituents is 1. The average molecular weight is 298 g/mol. The minimum absolute atomic E-state index is 0.00361. The first-order valence-electron chi connectivity index (χ1n) is 6.82. The van der Waals surface area contributed by atoms with Crippen LogP contribution in [0.2, 0.25) is 0 Å². The zero-order chi connectivity index (χ0) is 15.6. The Morgan fingerprint density at radius 2 is 1.86 bits per heavy atom. The van der Waals surface area contributed by atoms with Gasteiger partial charge in [0.25, 0.3) is 5.91 Å². The van der Waals surface area contributed by atoms with Gasteiger partial charge in [-0.15, -0.1) is 0 Å². The molecule has 0 heterocycles. The van der Waals surface area contributed by atoms with E-state index in [1.54, 1.807) is 7.05 Å². The van der Waals surface area contributed by atoms with E-state index in [9.17, 15) is 23.7 Å². The molecule has 0 aliphatic heterocycles. The molecule has 21 heavy (non-hydrogen) atoms. The largest absolute Gasteiger partial charge is 0.339 e. The van der Waals surface area contributed by atoms with Gasteiger partial charge >= 0.3 is 5.69 Å². The van der Waals surface area contributed by atoms with E-state index in [1.807, 2.05) is 0 Å². The predicted octanol–water partition coefficient (Wildman–Crippen LogP) is 3.28. The molecule has 0 aromatic heterocycles. The van der Waals surface area contributed by atoms with Crippen molar-refractivity contribution in [2.75, 3.05) is 7.05 Å². The lowest BCUT2D eigenvalue weighted by Gasteiger charge is -2.31. The van der Waals surface area contributed by atoms with Gasteiger partial charge in [0, 0.05) is 13.1 Å². The molecule has 0 N–H and O–H groups in total. The van der Waals surface area contributed by atoms with E-state index < -0.39 is 33.7 Å². The van der Waals surface area contributed by atoms with Crippen molar-refractivity contribution < 1.29 is 18.5 Å². The fourth-order valence-electron chi connectivity index (χ4n) is 2.66. The van der Waals surface area contributed by atoms with Crippen LogP contribution in [0.4, 0.5) is 14.5 Å². The van der Waals surface area contributed by atoms with Crippen molar-refractivity contribution in [1.29, 1.82) is 0 Å². The molecule has 0 radical (unpaired) electrons. The van der Waals surface area contributed by atoms with Gasteiger partial charge in [-0.3, -0.25) is 14.9 Å². The summed E-state index contributed by atoms with van der Waals surface area (Å²) >= 11 is 0. The van der Waals surface area contributed by atoms with Gasteiger partial charge in [-0.25, -0.2) is 4.39 Å². The minimum atomic E-state index is -1.21. The Bertz CT molecular complexity index is 572. The van der Waals surface area contributed by atoms with E-state index in [1.165, 1.54) is 4.90 Å². The number of benzene rings is 1. The van der Waals surface area contributed by atoms with Crippen LogP contribution >= 0.6 is 0 Å². The molecule has 1 aliphatic rings. The van der Waals surface area contributed by atoms with Crippen molar-refractivity contribution in [3.05, 3.63) is 39.4 Å². The zero-order valence-electron chi connectivity index (χ0n) is 11.6. The van der Waals surface area contributed by atoms with Gasteiger partial charge in [-0.2, -0.15) is 4.39 Å². The van der Waals surface area contributed by atoms with Gasteiger partial charge < -0.3 is 4.90 Å². The van der Waals surface area contributed by atoms with Crippen LogP contribution in [0.15, 0.2) is 12.1 Å². The molecule has 0 saturated heterocycles. The van der Waals surface area contributed by atoms with Crippen LogP contribution in [0.5, 0.6) is 0 Å². The number of amides is 1. The van der Waals surface area contributed by atoms with Crippen molar-refractivity contribution in [2.45, 2.75) is 38.1 Å². The molecule has 5 nitrogen and oxygen atoms in total. The topological polar surface area (TPSA) is 63.5 Å². The highest BCUT2D eigenvalue weighted by atomic mass is 19.1. The molecule has 1 aromatic rings. The zero-order valence-corrected chi connectivity index (χ0v) is 11.6. The average Bonchev–Trinajstić information content (AvgIpc) is 2.48. The molecule has 0 atom stereocenters. The van der Waals surface area contributed by atoms with E-state index in [-0.39, 0.29) is 6.04 Å². The normalized spacial score (nSPS) is 15.8. The highest BCUT2D eigenvalue weighted by Gasteiger charge is 2.27. The third-order valence-electron chi connectivity index (χ3n) is 3.91. The number of carbonyl (C=O) groups is 1. The number of carbonyl (C=O) groups excluding carboxylic acids is 1. The maximum absolute atomic E-state index is 13.8. The molecule has 7 heteroatoms. The molecule has 1 aromatic carbocycles. The Morgan fingerprint density at radius 1 is 1.24 bits per heavy atom. The Labute approximate surface area is 120 Å². The van der Waals surface area contributed by atoms with Crippen molar-refractivity contribution in [1.82, 2.24) is 4.90 Å². The molecule has 2 rings (SSSR count). The number of hydrogen-bond acceptors (Lipinski definition) is 3. The van der Waals surface area contributed by atoms with Crippen LogP contribution in [0.1, 0.15) is 42.5 Å². The lowest BCUT2D eigenvalue weighted by molar-refractivity contribution is -0.387. The van der Waals surface area contributed by atoms with Crippen molar-refractivity contribution >= 4 is 11.6 Å². The Hall–Kier alpha value is -2.05. The van der Waals surface area contributed by atoms with E-state index in [2.05, 4.69) is 0 Å². The number of nitrogens with zero attached hydrogens (tertiary/aromatic N) is 2. The standard InChI is InChI=1S/C14H16F2N2O3/c1-17(9-5-3-2-4-6-9)14(19)10-7-12(16)13(18(20)21)8-11(10)15/h7-9H,2-6H2,1H3. The SMILES string of the molecule is CN(C(=O)c1cc(F)c([N+](=O)[O-])cc1F)C1CCCCC1. The maximum Gasteiger partial charge on any atom is 0.307 e. The van der Waals surface area contributed by atoms with E-state index in [0.717, 1.165) is 32.1 Å². The fraction of sp³-hybridized carbons (Fsp3) is 0.500. The molecule has 1 saturated carbocycles. The second kappa shape index (κ2) is 6.15. The summed E-state index contributed by atoms with van der Waals surface area (Å²) in [6, 6.07) is 1.07. The number of rotatable bonds is 3. The molecular formula is C14H16F2N2O3. The monoisotopic (exact) mass is 298 g/mol. The summed E-state index contributed by atoms with van der Waals surface area (Å²) in [4.78, 5) is 23.2. The molecule has 0 bridgehead atoms. The summed E-state index contributed by atoms with van der Waals surface area (Å²) in [6.07, 6.45) is 4.77. The first-order valence-corrected chi connectivity index (χ1v) is 6.82. The Morgan fingerprint density at radius 3 is 2.43 bits per heavy atom. The highest BCUT2D eigenvalue weighted by Crippen LogP contribution is 2.26. The third-order valence-corrected chi connectivity index (χ3v) is 3.91. The van der Waals surface area contributed by atoms with Gasteiger partial charge in [-0.05, 0) is 18.9 Å². The fourth-order valence-corrected chi connectivity index (χ4v) is 2.66. The van der Waals surface area contributed by atoms with Crippen LogP contribution in [-0.4, -0.2) is 28.8 Å². The van der Waals surface area contributed by atoms with Crippen molar-refractivity contribution in [3.63, 3.8) is 0 Å². The number of hydrogen-bond donors (Lipinski definition) is 0. The van der Waals surface area contributed by atoms with Crippen LogP contribution < -0.4 is 0 Å². The maximum atomic E-state index is 13.8. The lowest BCUT2D eigenvalue weighted by Crippen LogP contribution is -2.38. The van der Waals surface area contributed by atoms with E-state index >= 15 is 0 Å². The molecule has 1 fully saturated rings. The van der Waals surface area contributed by atoms with Crippen LogP contribution in [0, 0.1) is 21.7 Å². The smallest absolute Gasteiger partial charge is 0.307 e. The molecule has 1 aliphatic carbocycles. The van der Waals surface area contributed by atoms with Gasteiger partial charge in [0.15, 0.2) is 0 Å². The van der Waals surface area contributed by atoms with Crippen molar-refractivity contribution in [3.8, 4) is 0 Å². The first-order chi connectivity index (χ1) is 9.91. The van der Waals surface area contributed by atoms with Gasteiger partial charge in [-0.1, -0.05) is 19.3 Å². The predicted molar refractivity (Wildman–Crippen MR) is 72.0 cm³/mol. The number of nitro groups is 1. The Kier molecular flexibility index (Phi) is 4.50. The van der Waals surface area contributed by atoms with Crippen molar-refractivity contribution in [2.24, 2.45) is 0 Å². The summed E-state index contributed by atoms with van der Waals surface area (Å²) < 4.78 is 27.4. The molecule has 0 spiro atoms. The summed E-state index contributed by atoms with van der Waals surface area (Å²) in [6.45, 7) is 0. The quantitative estimate of drug-likeness (QED) is 0.635. The van der Waals surface area contributed by atoms with E-state index in [0.29, 0.717) is 12.1 Å².